The van der Waals surface area contributed by atoms with Gasteiger partial charge in [-0.05, 0) is 37.1 Å². The molecule has 2 aromatic carbocycles. The molecule has 0 unspecified atom stereocenters. The van der Waals surface area contributed by atoms with E-state index in [2.05, 4.69) is 4.99 Å². The van der Waals surface area contributed by atoms with Crippen LogP contribution in [0.3, 0.4) is 0 Å². The summed E-state index contributed by atoms with van der Waals surface area (Å²) in [5.74, 6) is -1.05. The maximum Gasteiger partial charge on any atom is 0.326 e. The number of carbonyl (C=O) groups is 2. The van der Waals surface area contributed by atoms with E-state index in [-0.39, 0.29) is 37.5 Å². The third-order valence-electron chi connectivity index (χ3n) is 4.53. The number of thiazole rings is 1. The number of carbonyl (C=O) groups excluding carboxylic acids is 2. The van der Waals surface area contributed by atoms with E-state index in [0.717, 1.165) is 4.70 Å². The molecule has 0 radical (unpaired) electrons. The zero-order chi connectivity index (χ0) is 23.1. The number of amides is 1. The van der Waals surface area contributed by atoms with Gasteiger partial charge in [0.05, 0.1) is 28.3 Å². The van der Waals surface area contributed by atoms with E-state index in [4.69, 9.17) is 16.3 Å². The van der Waals surface area contributed by atoms with Crippen LogP contribution in [0.5, 0.6) is 0 Å². The van der Waals surface area contributed by atoms with E-state index in [9.17, 15) is 18.0 Å². The molecule has 0 fully saturated rings. The molecule has 170 valence electrons. The fourth-order valence-electron chi connectivity index (χ4n) is 3.13. The summed E-state index contributed by atoms with van der Waals surface area (Å²) in [5.41, 5.74) is 1.43. The number of hydrogen-bond donors (Lipinski definition) is 0. The summed E-state index contributed by atoms with van der Waals surface area (Å²) < 4.78 is 32.0. The Morgan fingerprint density at radius 2 is 1.91 bits per heavy atom. The van der Waals surface area contributed by atoms with Crippen molar-refractivity contribution in [1.29, 1.82) is 0 Å². The van der Waals surface area contributed by atoms with Gasteiger partial charge in [0.2, 0.25) is 5.91 Å². The van der Waals surface area contributed by atoms with Gasteiger partial charge < -0.3 is 9.30 Å². The highest BCUT2D eigenvalue weighted by molar-refractivity contribution is 7.90. The molecular weight excluding hydrogens is 472 g/mol. The summed E-state index contributed by atoms with van der Waals surface area (Å²) in [7, 11) is -3.33. The zero-order valence-electron chi connectivity index (χ0n) is 17.5. The topological polar surface area (TPSA) is 94.8 Å². The van der Waals surface area contributed by atoms with Crippen LogP contribution in [-0.4, -0.2) is 37.2 Å². The quantitative estimate of drug-likeness (QED) is 0.422. The van der Waals surface area contributed by atoms with Gasteiger partial charge in [-0.1, -0.05) is 53.3 Å². The van der Waals surface area contributed by atoms with Gasteiger partial charge in [0.15, 0.2) is 14.6 Å². The maximum atomic E-state index is 12.5. The lowest BCUT2D eigenvalue weighted by molar-refractivity contribution is -0.143. The van der Waals surface area contributed by atoms with Crippen LogP contribution in [0, 0.1) is 0 Å². The van der Waals surface area contributed by atoms with Crippen molar-refractivity contribution >= 4 is 54.9 Å². The average molecular weight is 495 g/mol. The van der Waals surface area contributed by atoms with Crippen LogP contribution in [0.4, 0.5) is 0 Å². The molecule has 32 heavy (non-hydrogen) atoms. The summed E-state index contributed by atoms with van der Waals surface area (Å²) in [6.45, 7) is 1.87. The minimum absolute atomic E-state index is 0.0115. The number of nitrogens with zero attached hydrogens (tertiary/aromatic N) is 2. The normalized spacial score (nSPS) is 12.2. The number of aromatic nitrogens is 1. The molecule has 3 aromatic rings. The Kier molecular flexibility index (Phi) is 8.22. The third-order valence-corrected chi connectivity index (χ3v) is 7.49. The Bertz CT molecular complexity index is 1280. The SMILES string of the molecule is CCOC(=O)Cn1c(=NC(=O)CCCS(=O)(=O)Cc2ccccc2)sc2cc(Cl)ccc21. The van der Waals surface area contributed by atoms with E-state index in [1.165, 1.54) is 11.3 Å². The molecule has 0 spiro atoms. The molecule has 1 aromatic heterocycles. The molecule has 0 aliphatic heterocycles. The predicted molar refractivity (Wildman–Crippen MR) is 125 cm³/mol. The highest BCUT2D eigenvalue weighted by Gasteiger charge is 2.15. The third kappa shape index (κ3) is 6.75. The molecule has 3 rings (SSSR count). The first-order valence-corrected chi connectivity index (χ1v) is 13.1. The first kappa shape index (κ1) is 24.2. The van der Waals surface area contributed by atoms with Gasteiger partial charge in [0.1, 0.15) is 6.54 Å². The van der Waals surface area contributed by atoms with Gasteiger partial charge in [0, 0.05) is 11.4 Å². The minimum atomic E-state index is -3.33. The molecule has 1 heterocycles. The van der Waals surface area contributed by atoms with Gasteiger partial charge in [0.25, 0.3) is 0 Å². The van der Waals surface area contributed by atoms with Crippen molar-refractivity contribution in [2.75, 3.05) is 12.4 Å². The Morgan fingerprint density at radius 1 is 1.16 bits per heavy atom. The number of ether oxygens (including phenoxy) is 1. The number of halogens is 1. The van der Waals surface area contributed by atoms with Crippen LogP contribution >= 0.6 is 22.9 Å². The molecule has 0 N–H and O–H groups in total. The molecule has 10 heteroatoms. The first-order chi connectivity index (χ1) is 15.3. The van der Waals surface area contributed by atoms with Crippen LogP contribution < -0.4 is 4.80 Å². The lowest BCUT2D eigenvalue weighted by atomic mass is 10.2. The van der Waals surface area contributed by atoms with E-state index in [1.54, 1.807) is 54.0 Å². The molecule has 0 saturated heterocycles. The summed E-state index contributed by atoms with van der Waals surface area (Å²) in [6.07, 6.45) is 0.161. The van der Waals surface area contributed by atoms with Crippen LogP contribution in [-0.2, 0) is 36.5 Å². The Hall–Kier alpha value is -2.49. The minimum Gasteiger partial charge on any atom is -0.465 e. The van der Waals surface area contributed by atoms with Crippen LogP contribution in [0.2, 0.25) is 5.02 Å². The van der Waals surface area contributed by atoms with Crippen LogP contribution in [0.1, 0.15) is 25.3 Å². The van der Waals surface area contributed by atoms with Gasteiger partial charge in [-0.3, -0.25) is 9.59 Å². The summed E-state index contributed by atoms with van der Waals surface area (Å²) >= 11 is 7.29. The Labute approximate surface area is 195 Å². The summed E-state index contributed by atoms with van der Waals surface area (Å²) in [5, 5.41) is 0.531. The highest BCUT2D eigenvalue weighted by atomic mass is 35.5. The molecular formula is C22H23ClN2O5S2. The van der Waals surface area contributed by atoms with Gasteiger partial charge in [-0.25, -0.2) is 8.42 Å². The number of benzene rings is 2. The molecule has 0 saturated carbocycles. The number of esters is 1. The van der Waals surface area contributed by atoms with Crippen LogP contribution in [0.15, 0.2) is 53.5 Å². The second kappa shape index (κ2) is 10.9. The van der Waals surface area contributed by atoms with E-state index < -0.39 is 21.7 Å². The fourth-order valence-corrected chi connectivity index (χ4v) is 5.88. The number of rotatable bonds is 9. The molecule has 7 nitrogen and oxygen atoms in total. The van der Waals surface area contributed by atoms with E-state index in [0.29, 0.717) is 20.9 Å². The lowest BCUT2D eigenvalue weighted by Crippen LogP contribution is -2.23. The van der Waals surface area contributed by atoms with Crippen molar-refractivity contribution in [3.8, 4) is 0 Å². The van der Waals surface area contributed by atoms with E-state index in [1.807, 2.05) is 6.07 Å². The van der Waals surface area contributed by atoms with Crippen molar-refractivity contribution in [3.63, 3.8) is 0 Å². The van der Waals surface area contributed by atoms with Gasteiger partial charge in [-0.15, -0.1) is 0 Å². The van der Waals surface area contributed by atoms with Gasteiger partial charge >= 0.3 is 5.97 Å². The van der Waals surface area contributed by atoms with Gasteiger partial charge in [-0.2, -0.15) is 4.99 Å². The molecule has 0 aliphatic carbocycles. The number of hydrogen-bond acceptors (Lipinski definition) is 6. The maximum absolute atomic E-state index is 12.5. The number of fused-ring (bicyclic) bond motifs is 1. The highest BCUT2D eigenvalue weighted by Crippen LogP contribution is 2.22. The monoisotopic (exact) mass is 494 g/mol. The smallest absolute Gasteiger partial charge is 0.326 e. The summed E-state index contributed by atoms with van der Waals surface area (Å²) in [4.78, 5) is 29.0. The van der Waals surface area contributed by atoms with Crippen molar-refractivity contribution in [3.05, 3.63) is 63.9 Å². The molecule has 0 bridgehead atoms. The predicted octanol–water partition coefficient (Wildman–Crippen LogP) is 3.74. The van der Waals surface area contributed by atoms with E-state index >= 15 is 0 Å². The fraction of sp³-hybridized carbons (Fsp3) is 0.318. The largest absolute Gasteiger partial charge is 0.465 e. The lowest BCUT2D eigenvalue weighted by Gasteiger charge is -2.05. The standard InChI is InChI=1S/C22H23ClN2O5S2/c1-2-30-21(27)14-25-18-11-10-17(23)13-19(18)31-22(25)24-20(26)9-6-12-32(28,29)15-16-7-4-3-5-8-16/h3-5,7-8,10-11,13H,2,6,9,12,14-15H2,1H3. The van der Waals surface area contributed by atoms with Crippen molar-refractivity contribution in [1.82, 2.24) is 4.57 Å². The first-order valence-electron chi connectivity index (χ1n) is 10.0. The Morgan fingerprint density at radius 3 is 2.62 bits per heavy atom. The zero-order valence-corrected chi connectivity index (χ0v) is 19.9. The second-order valence-electron chi connectivity index (χ2n) is 7.07. The Balaban J connectivity index is 1.73. The van der Waals surface area contributed by atoms with Crippen molar-refractivity contribution in [2.24, 2.45) is 4.99 Å². The average Bonchev–Trinajstić information content (AvgIpc) is 3.04. The molecule has 1 amide bonds. The number of sulfone groups is 1. The van der Waals surface area contributed by atoms with Crippen molar-refractivity contribution in [2.45, 2.75) is 32.1 Å². The second-order valence-corrected chi connectivity index (χ2v) is 10.7. The molecule has 0 aliphatic rings. The van der Waals surface area contributed by atoms with Crippen LogP contribution in [0.25, 0.3) is 10.2 Å². The summed E-state index contributed by atoms with van der Waals surface area (Å²) in [6, 6.07) is 14.1. The van der Waals surface area contributed by atoms with Crippen molar-refractivity contribution < 1.29 is 22.7 Å². The molecule has 0 atom stereocenters.